The molecule has 1 aromatic carbocycles. The Morgan fingerprint density at radius 3 is 2.62 bits per heavy atom. The van der Waals surface area contributed by atoms with Crippen LogP contribution in [-0.2, 0) is 0 Å². The van der Waals surface area contributed by atoms with Gasteiger partial charge in [0, 0.05) is 19.8 Å². The summed E-state index contributed by atoms with van der Waals surface area (Å²) in [6.45, 7) is 2.48. The van der Waals surface area contributed by atoms with Crippen LogP contribution in [0.4, 0.5) is 13.2 Å². The SMILES string of the molecule is CCNC(c1cc2sccc2s1)c1ccc(F)c(F)c1F. The van der Waals surface area contributed by atoms with Gasteiger partial charge >= 0.3 is 0 Å². The number of hydrogen-bond donors (Lipinski definition) is 1. The van der Waals surface area contributed by atoms with Gasteiger partial charge in [0.25, 0.3) is 0 Å². The molecular weight excluding hydrogens is 315 g/mol. The third kappa shape index (κ3) is 2.59. The minimum atomic E-state index is -1.42. The zero-order chi connectivity index (χ0) is 15.0. The summed E-state index contributed by atoms with van der Waals surface area (Å²) in [6.07, 6.45) is 0. The maximum Gasteiger partial charge on any atom is 0.194 e. The fraction of sp³-hybridized carbons (Fsp3) is 0.200. The van der Waals surface area contributed by atoms with Crippen LogP contribution in [0.3, 0.4) is 0 Å². The molecule has 0 aliphatic rings. The predicted octanol–water partition coefficient (Wildman–Crippen LogP) is 5.08. The highest BCUT2D eigenvalue weighted by Gasteiger charge is 2.23. The minimum absolute atomic E-state index is 0.129. The van der Waals surface area contributed by atoms with Gasteiger partial charge in [-0.3, -0.25) is 0 Å². The summed E-state index contributed by atoms with van der Waals surface area (Å²) < 4.78 is 42.9. The molecule has 6 heteroatoms. The Balaban J connectivity index is 2.09. The maximum atomic E-state index is 14.1. The number of thiophene rings is 2. The molecule has 0 amide bonds. The lowest BCUT2D eigenvalue weighted by Crippen LogP contribution is -2.22. The van der Waals surface area contributed by atoms with Crippen LogP contribution >= 0.6 is 22.7 Å². The van der Waals surface area contributed by atoms with Crippen molar-refractivity contribution in [3.05, 3.63) is 57.5 Å². The Labute approximate surface area is 128 Å². The first-order valence-electron chi connectivity index (χ1n) is 6.45. The van der Waals surface area contributed by atoms with Crippen molar-refractivity contribution < 1.29 is 13.2 Å². The van der Waals surface area contributed by atoms with Crippen LogP contribution in [0.2, 0.25) is 0 Å². The highest BCUT2D eigenvalue weighted by atomic mass is 32.1. The van der Waals surface area contributed by atoms with Crippen LogP contribution < -0.4 is 5.32 Å². The molecule has 0 saturated carbocycles. The van der Waals surface area contributed by atoms with Crippen molar-refractivity contribution in [3.63, 3.8) is 0 Å². The average molecular weight is 327 g/mol. The largest absolute Gasteiger partial charge is 0.306 e. The number of nitrogens with one attached hydrogen (secondary N) is 1. The van der Waals surface area contributed by atoms with E-state index in [4.69, 9.17) is 0 Å². The molecule has 21 heavy (non-hydrogen) atoms. The molecule has 110 valence electrons. The van der Waals surface area contributed by atoms with Crippen LogP contribution in [0.5, 0.6) is 0 Å². The molecule has 3 aromatic rings. The number of rotatable bonds is 4. The lowest BCUT2D eigenvalue weighted by atomic mass is 10.0. The van der Waals surface area contributed by atoms with E-state index in [1.165, 1.54) is 17.4 Å². The van der Waals surface area contributed by atoms with Gasteiger partial charge in [-0.15, -0.1) is 22.7 Å². The van der Waals surface area contributed by atoms with Crippen LogP contribution in [-0.4, -0.2) is 6.54 Å². The first kappa shape index (κ1) is 14.6. The Hall–Kier alpha value is -1.37. The topological polar surface area (TPSA) is 12.0 Å². The fourth-order valence-electron chi connectivity index (χ4n) is 2.26. The van der Waals surface area contributed by atoms with Crippen molar-refractivity contribution in [3.8, 4) is 0 Å². The van der Waals surface area contributed by atoms with Crippen LogP contribution in [0.1, 0.15) is 23.4 Å². The molecule has 1 nitrogen and oxygen atoms in total. The molecule has 3 rings (SSSR count). The molecule has 0 radical (unpaired) electrons. The summed E-state index contributed by atoms with van der Waals surface area (Å²) in [7, 11) is 0. The lowest BCUT2D eigenvalue weighted by molar-refractivity contribution is 0.434. The number of halogens is 3. The van der Waals surface area contributed by atoms with Crippen molar-refractivity contribution >= 4 is 32.1 Å². The van der Waals surface area contributed by atoms with Gasteiger partial charge in [0.1, 0.15) is 0 Å². The smallest absolute Gasteiger partial charge is 0.194 e. The van der Waals surface area contributed by atoms with E-state index < -0.39 is 23.5 Å². The second kappa shape index (κ2) is 5.79. The quantitative estimate of drug-likeness (QED) is 0.659. The molecule has 0 fully saturated rings. The monoisotopic (exact) mass is 327 g/mol. The molecule has 0 bridgehead atoms. The first-order chi connectivity index (χ1) is 10.1. The second-order valence-corrected chi connectivity index (χ2v) is 6.62. The van der Waals surface area contributed by atoms with Crippen LogP contribution in [0.15, 0.2) is 29.6 Å². The normalized spacial score (nSPS) is 13.0. The molecule has 0 spiro atoms. The van der Waals surface area contributed by atoms with Gasteiger partial charge in [0.05, 0.1) is 6.04 Å². The van der Waals surface area contributed by atoms with E-state index in [9.17, 15) is 13.2 Å². The summed E-state index contributed by atoms with van der Waals surface area (Å²) in [5, 5.41) is 5.13. The molecule has 2 heterocycles. The third-order valence-electron chi connectivity index (χ3n) is 3.23. The van der Waals surface area contributed by atoms with E-state index in [1.807, 2.05) is 24.4 Å². The zero-order valence-electron chi connectivity index (χ0n) is 11.1. The Bertz CT molecular complexity index is 750. The first-order valence-corrected chi connectivity index (χ1v) is 8.15. The Kier molecular flexibility index (Phi) is 4.01. The average Bonchev–Trinajstić information content (AvgIpc) is 3.04. The predicted molar refractivity (Wildman–Crippen MR) is 81.5 cm³/mol. The summed E-state index contributed by atoms with van der Waals surface area (Å²) in [6, 6.07) is 5.76. The van der Waals surface area contributed by atoms with E-state index in [2.05, 4.69) is 5.32 Å². The Morgan fingerprint density at radius 1 is 1.10 bits per heavy atom. The van der Waals surface area contributed by atoms with Crippen molar-refractivity contribution in [2.75, 3.05) is 6.54 Å². The standard InChI is InChI=1S/C15H12F3NS2/c1-2-19-15(8-3-4-9(16)14(18)13(8)17)12-7-11-10(21-12)5-6-20-11/h3-7,15,19H,2H2,1H3. The molecular formula is C15H12F3NS2. The fourth-order valence-corrected chi connectivity index (χ4v) is 4.47. The number of hydrogen-bond acceptors (Lipinski definition) is 3. The number of fused-ring (bicyclic) bond motifs is 1. The van der Waals surface area contributed by atoms with Gasteiger partial charge in [-0.2, -0.15) is 0 Å². The molecule has 2 aromatic heterocycles. The van der Waals surface area contributed by atoms with Crippen molar-refractivity contribution in [2.24, 2.45) is 0 Å². The van der Waals surface area contributed by atoms with Crippen LogP contribution in [0, 0.1) is 17.5 Å². The van der Waals surface area contributed by atoms with E-state index in [1.54, 1.807) is 11.3 Å². The van der Waals surface area contributed by atoms with Gasteiger partial charge < -0.3 is 5.32 Å². The molecule has 1 N–H and O–H groups in total. The van der Waals surface area contributed by atoms with Gasteiger partial charge in [-0.1, -0.05) is 13.0 Å². The molecule has 0 aliphatic carbocycles. The second-order valence-electron chi connectivity index (χ2n) is 4.55. The summed E-state index contributed by atoms with van der Waals surface area (Å²) in [5.74, 6) is -3.72. The van der Waals surface area contributed by atoms with Crippen molar-refractivity contribution in [1.82, 2.24) is 5.32 Å². The van der Waals surface area contributed by atoms with Gasteiger partial charge in [-0.05, 0) is 30.1 Å². The van der Waals surface area contributed by atoms with E-state index >= 15 is 0 Å². The molecule has 1 unspecified atom stereocenters. The van der Waals surface area contributed by atoms with E-state index in [0.29, 0.717) is 6.54 Å². The van der Waals surface area contributed by atoms with Gasteiger partial charge in [-0.25, -0.2) is 13.2 Å². The van der Waals surface area contributed by atoms with Crippen LogP contribution in [0.25, 0.3) is 9.40 Å². The van der Waals surface area contributed by atoms with Crippen molar-refractivity contribution in [1.29, 1.82) is 0 Å². The lowest BCUT2D eigenvalue weighted by Gasteiger charge is -2.18. The van der Waals surface area contributed by atoms with Gasteiger partial charge in [0.2, 0.25) is 0 Å². The molecule has 1 atom stereocenters. The van der Waals surface area contributed by atoms with Crippen molar-refractivity contribution in [2.45, 2.75) is 13.0 Å². The third-order valence-corrected chi connectivity index (χ3v) is 5.39. The minimum Gasteiger partial charge on any atom is -0.306 e. The zero-order valence-corrected chi connectivity index (χ0v) is 12.8. The molecule has 0 saturated heterocycles. The molecule has 0 aliphatic heterocycles. The highest BCUT2D eigenvalue weighted by molar-refractivity contribution is 7.27. The summed E-state index contributed by atoms with van der Waals surface area (Å²) in [5.41, 5.74) is 0.129. The number of benzene rings is 1. The summed E-state index contributed by atoms with van der Waals surface area (Å²) in [4.78, 5) is 0.892. The highest BCUT2D eigenvalue weighted by Crippen LogP contribution is 2.37. The Morgan fingerprint density at radius 2 is 1.90 bits per heavy atom. The van der Waals surface area contributed by atoms with E-state index in [-0.39, 0.29) is 5.56 Å². The van der Waals surface area contributed by atoms with E-state index in [0.717, 1.165) is 20.3 Å². The van der Waals surface area contributed by atoms with Gasteiger partial charge in [0.15, 0.2) is 17.5 Å². The maximum absolute atomic E-state index is 14.1. The summed E-state index contributed by atoms with van der Waals surface area (Å²) >= 11 is 3.13.